The summed E-state index contributed by atoms with van der Waals surface area (Å²) in [5.41, 5.74) is 0.720. The summed E-state index contributed by atoms with van der Waals surface area (Å²) in [5, 5.41) is 3.25. The van der Waals surface area contributed by atoms with Crippen LogP contribution >= 0.6 is 0 Å². The summed E-state index contributed by atoms with van der Waals surface area (Å²) in [6.45, 7) is 12.6. The van der Waals surface area contributed by atoms with Crippen molar-refractivity contribution in [1.82, 2.24) is 10.0 Å². The molecule has 1 rings (SSSR count). The van der Waals surface area contributed by atoms with E-state index in [4.69, 9.17) is 4.42 Å². The first kappa shape index (κ1) is 18.2. The van der Waals surface area contributed by atoms with Gasteiger partial charge in [-0.25, -0.2) is 13.1 Å². The molecular weight excluding hydrogens is 288 g/mol. The monoisotopic (exact) mass is 316 g/mol. The smallest absolute Gasteiger partial charge is 0.244 e. The van der Waals surface area contributed by atoms with Crippen LogP contribution < -0.4 is 10.0 Å². The lowest BCUT2D eigenvalue weighted by molar-refractivity contribution is 0.490. The summed E-state index contributed by atoms with van der Waals surface area (Å²) in [4.78, 5) is 0.288. The molecule has 0 fully saturated rings. The van der Waals surface area contributed by atoms with Crippen LogP contribution in [0.1, 0.15) is 51.2 Å². The molecule has 0 aliphatic heterocycles. The fourth-order valence-corrected chi connectivity index (χ4v) is 3.65. The standard InChI is InChI=1S/C15H28N2O3S/c1-7-11(4)8-17-21(18,19)15-13(6)20-12(5)14(15)9-16-10(2)3/h10-11,16-17H,7-9H2,1-6H3. The highest BCUT2D eigenvalue weighted by atomic mass is 32.2. The molecule has 1 aromatic rings. The Hall–Kier alpha value is -0.850. The molecule has 0 saturated heterocycles. The molecule has 6 heteroatoms. The van der Waals surface area contributed by atoms with Crippen LogP contribution in [0.15, 0.2) is 9.31 Å². The Bertz CT molecular complexity index is 562. The minimum atomic E-state index is -3.54. The average Bonchev–Trinajstić information content (AvgIpc) is 2.68. The summed E-state index contributed by atoms with van der Waals surface area (Å²) in [5.74, 6) is 1.42. The number of furan rings is 1. The Kier molecular flexibility index (Phi) is 6.43. The second kappa shape index (κ2) is 7.42. The van der Waals surface area contributed by atoms with Crippen molar-refractivity contribution >= 4 is 10.0 Å². The van der Waals surface area contributed by atoms with Gasteiger partial charge >= 0.3 is 0 Å². The Balaban J connectivity index is 3.04. The van der Waals surface area contributed by atoms with Gasteiger partial charge in [-0.15, -0.1) is 0 Å². The molecule has 0 bridgehead atoms. The van der Waals surface area contributed by atoms with E-state index in [9.17, 15) is 8.42 Å². The molecule has 1 unspecified atom stereocenters. The molecule has 0 saturated carbocycles. The molecule has 0 aromatic carbocycles. The minimum absolute atomic E-state index is 0.281. The van der Waals surface area contributed by atoms with E-state index < -0.39 is 10.0 Å². The molecule has 2 N–H and O–H groups in total. The zero-order chi connectivity index (χ0) is 16.2. The van der Waals surface area contributed by atoms with Crippen LogP contribution in [0.5, 0.6) is 0 Å². The van der Waals surface area contributed by atoms with E-state index in [1.54, 1.807) is 13.8 Å². The third-order valence-electron chi connectivity index (χ3n) is 3.60. The zero-order valence-corrected chi connectivity index (χ0v) is 14.7. The third-order valence-corrected chi connectivity index (χ3v) is 5.22. The van der Waals surface area contributed by atoms with Crippen molar-refractivity contribution in [2.45, 2.75) is 65.4 Å². The number of aryl methyl sites for hydroxylation is 2. The number of sulfonamides is 1. The van der Waals surface area contributed by atoms with Crippen molar-refractivity contribution < 1.29 is 12.8 Å². The average molecular weight is 316 g/mol. The van der Waals surface area contributed by atoms with Gasteiger partial charge in [0.25, 0.3) is 0 Å². The summed E-state index contributed by atoms with van der Waals surface area (Å²) in [6.07, 6.45) is 0.938. The van der Waals surface area contributed by atoms with E-state index in [2.05, 4.69) is 10.0 Å². The predicted molar refractivity (Wildman–Crippen MR) is 84.8 cm³/mol. The molecule has 5 nitrogen and oxygen atoms in total. The molecule has 0 aliphatic carbocycles. The van der Waals surface area contributed by atoms with Gasteiger partial charge in [-0.2, -0.15) is 0 Å². The molecule has 0 radical (unpaired) electrons. The van der Waals surface area contributed by atoms with Gasteiger partial charge in [0.05, 0.1) is 0 Å². The molecule has 1 aromatic heterocycles. The van der Waals surface area contributed by atoms with Crippen molar-refractivity contribution in [3.63, 3.8) is 0 Å². The first-order valence-corrected chi connectivity index (χ1v) is 8.99. The van der Waals surface area contributed by atoms with Gasteiger partial charge in [0, 0.05) is 24.7 Å². The minimum Gasteiger partial charge on any atom is -0.465 e. The summed E-state index contributed by atoms with van der Waals surface area (Å²) >= 11 is 0. The Morgan fingerprint density at radius 1 is 1.14 bits per heavy atom. The lowest BCUT2D eigenvalue weighted by atomic mass is 10.1. The van der Waals surface area contributed by atoms with Crippen LogP contribution in [-0.4, -0.2) is 21.0 Å². The van der Waals surface area contributed by atoms with Crippen molar-refractivity contribution in [2.24, 2.45) is 5.92 Å². The second-order valence-corrected chi connectivity index (χ2v) is 7.63. The second-order valence-electron chi connectivity index (χ2n) is 5.92. The molecular formula is C15H28N2O3S. The molecule has 122 valence electrons. The highest BCUT2D eigenvalue weighted by Crippen LogP contribution is 2.26. The van der Waals surface area contributed by atoms with Gasteiger partial charge in [-0.1, -0.05) is 34.1 Å². The van der Waals surface area contributed by atoms with E-state index in [0.717, 1.165) is 12.0 Å². The van der Waals surface area contributed by atoms with E-state index in [1.165, 1.54) is 0 Å². The zero-order valence-electron chi connectivity index (χ0n) is 13.9. The maximum Gasteiger partial charge on any atom is 0.244 e. The largest absolute Gasteiger partial charge is 0.465 e. The van der Waals surface area contributed by atoms with Gasteiger partial charge in [0.1, 0.15) is 16.4 Å². The van der Waals surface area contributed by atoms with Crippen LogP contribution in [0.4, 0.5) is 0 Å². The molecule has 1 atom stereocenters. The Labute approximate surface area is 128 Å². The topological polar surface area (TPSA) is 71.3 Å². The maximum absolute atomic E-state index is 12.6. The third kappa shape index (κ3) is 4.83. The fourth-order valence-electron chi connectivity index (χ4n) is 2.04. The van der Waals surface area contributed by atoms with Crippen LogP contribution in [0.25, 0.3) is 0 Å². The van der Waals surface area contributed by atoms with E-state index in [0.29, 0.717) is 30.5 Å². The fraction of sp³-hybridized carbons (Fsp3) is 0.733. The van der Waals surface area contributed by atoms with Crippen molar-refractivity contribution in [2.75, 3.05) is 6.54 Å². The van der Waals surface area contributed by atoms with Crippen molar-refractivity contribution in [3.05, 3.63) is 17.1 Å². The molecule has 1 heterocycles. The first-order chi connectivity index (χ1) is 9.69. The Morgan fingerprint density at radius 2 is 1.76 bits per heavy atom. The molecule has 21 heavy (non-hydrogen) atoms. The van der Waals surface area contributed by atoms with E-state index in [-0.39, 0.29) is 10.9 Å². The van der Waals surface area contributed by atoms with Crippen LogP contribution in [0.2, 0.25) is 0 Å². The van der Waals surface area contributed by atoms with Gasteiger partial charge in [-0.05, 0) is 19.8 Å². The van der Waals surface area contributed by atoms with Gasteiger partial charge in [0.2, 0.25) is 10.0 Å². The highest BCUT2D eigenvalue weighted by Gasteiger charge is 2.26. The van der Waals surface area contributed by atoms with E-state index in [1.807, 2.05) is 27.7 Å². The SMILES string of the molecule is CCC(C)CNS(=O)(=O)c1c(C)oc(C)c1CNC(C)C. The van der Waals surface area contributed by atoms with Crippen molar-refractivity contribution in [1.29, 1.82) is 0 Å². The number of hydrogen-bond acceptors (Lipinski definition) is 4. The van der Waals surface area contributed by atoms with Gasteiger partial charge in [0.15, 0.2) is 0 Å². The molecule has 0 aliphatic rings. The molecule has 0 amide bonds. The molecule has 0 spiro atoms. The highest BCUT2D eigenvalue weighted by molar-refractivity contribution is 7.89. The number of rotatable bonds is 8. The van der Waals surface area contributed by atoms with Crippen LogP contribution in [-0.2, 0) is 16.6 Å². The maximum atomic E-state index is 12.6. The lowest BCUT2D eigenvalue weighted by Gasteiger charge is -2.13. The van der Waals surface area contributed by atoms with Gasteiger partial charge < -0.3 is 9.73 Å². The van der Waals surface area contributed by atoms with E-state index >= 15 is 0 Å². The quantitative estimate of drug-likeness (QED) is 0.773. The van der Waals surface area contributed by atoms with Gasteiger partial charge in [-0.3, -0.25) is 0 Å². The summed E-state index contributed by atoms with van der Waals surface area (Å²) < 4.78 is 33.3. The lowest BCUT2D eigenvalue weighted by Crippen LogP contribution is -2.30. The normalized spacial score (nSPS) is 13.9. The Morgan fingerprint density at radius 3 is 2.29 bits per heavy atom. The number of nitrogens with one attached hydrogen (secondary N) is 2. The van der Waals surface area contributed by atoms with Crippen LogP contribution in [0.3, 0.4) is 0 Å². The predicted octanol–water partition coefficient (Wildman–Crippen LogP) is 2.72. The van der Waals surface area contributed by atoms with Crippen LogP contribution in [0, 0.1) is 19.8 Å². The summed E-state index contributed by atoms with van der Waals surface area (Å²) in [7, 11) is -3.54. The van der Waals surface area contributed by atoms with Crippen molar-refractivity contribution in [3.8, 4) is 0 Å². The number of hydrogen-bond donors (Lipinski definition) is 2. The summed E-state index contributed by atoms with van der Waals surface area (Å²) in [6, 6.07) is 0.281. The first-order valence-electron chi connectivity index (χ1n) is 7.50.